The fraction of sp³-hybridized carbons (Fsp3) is 0.727. The number of aromatic nitrogens is 2. The summed E-state index contributed by atoms with van der Waals surface area (Å²) < 4.78 is 7.49. The van der Waals surface area contributed by atoms with Crippen molar-refractivity contribution in [3.05, 3.63) is 12.3 Å². The Bertz CT molecular complexity index is 273. The molecule has 1 aromatic rings. The van der Waals surface area contributed by atoms with Gasteiger partial charge < -0.3 is 10.5 Å². The molecule has 1 rings (SSSR count). The molecule has 1 heterocycles. The molecule has 0 aliphatic rings. The zero-order valence-corrected chi connectivity index (χ0v) is 9.65. The minimum absolute atomic E-state index is 0.373. The number of nitrogens with two attached hydrogens (primary N) is 1. The van der Waals surface area contributed by atoms with Gasteiger partial charge in [-0.1, -0.05) is 13.3 Å². The van der Waals surface area contributed by atoms with Crippen molar-refractivity contribution in [2.24, 2.45) is 0 Å². The maximum Gasteiger partial charge on any atom is 0.145 e. The number of nitrogens with zero attached hydrogens (tertiary/aromatic N) is 2. The van der Waals surface area contributed by atoms with Gasteiger partial charge >= 0.3 is 0 Å². The van der Waals surface area contributed by atoms with E-state index in [0.29, 0.717) is 11.9 Å². The van der Waals surface area contributed by atoms with Crippen LogP contribution in [0.2, 0.25) is 0 Å². The molecule has 0 amide bonds. The molecule has 1 aromatic heterocycles. The van der Waals surface area contributed by atoms with E-state index in [4.69, 9.17) is 10.5 Å². The van der Waals surface area contributed by atoms with Crippen LogP contribution in [0.25, 0.3) is 0 Å². The van der Waals surface area contributed by atoms with Gasteiger partial charge in [0, 0.05) is 19.3 Å². The van der Waals surface area contributed by atoms with Gasteiger partial charge in [-0.3, -0.25) is 4.68 Å². The van der Waals surface area contributed by atoms with Crippen LogP contribution in [-0.4, -0.2) is 22.5 Å². The number of aryl methyl sites for hydroxylation is 1. The largest absolute Gasteiger partial charge is 0.382 e. The van der Waals surface area contributed by atoms with E-state index < -0.39 is 0 Å². The molecule has 4 heteroatoms. The van der Waals surface area contributed by atoms with Crippen LogP contribution in [0, 0.1) is 0 Å². The quantitative estimate of drug-likeness (QED) is 0.702. The van der Waals surface area contributed by atoms with Crippen molar-refractivity contribution in [3.8, 4) is 0 Å². The average Bonchev–Trinajstić information content (AvgIpc) is 2.60. The van der Waals surface area contributed by atoms with Gasteiger partial charge in [-0.15, -0.1) is 0 Å². The molecule has 2 N–H and O–H groups in total. The highest BCUT2D eigenvalue weighted by atomic mass is 16.5. The minimum Gasteiger partial charge on any atom is -0.382 e. The Morgan fingerprint density at radius 3 is 3.00 bits per heavy atom. The average molecular weight is 211 g/mol. The van der Waals surface area contributed by atoms with E-state index in [2.05, 4.69) is 18.9 Å². The van der Waals surface area contributed by atoms with E-state index >= 15 is 0 Å². The molecule has 15 heavy (non-hydrogen) atoms. The Labute approximate surface area is 91.4 Å². The van der Waals surface area contributed by atoms with Crippen molar-refractivity contribution in [1.82, 2.24) is 9.78 Å². The first-order chi connectivity index (χ1) is 7.22. The lowest BCUT2D eigenvalue weighted by Gasteiger charge is -2.11. The van der Waals surface area contributed by atoms with E-state index in [1.54, 1.807) is 6.07 Å². The number of rotatable bonds is 7. The van der Waals surface area contributed by atoms with Crippen LogP contribution in [0.3, 0.4) is 0 Å². The molecule has 0 aliphatic carbocycles. The molecule has 0 bridgehead atoms. The third-order valence-electron chi connectivity index (χ3n) is 2.29. The molecule has 4 nitrogen and oxygen atoms in total. The molecule has 1 unspecified atom stereocenters. The second kappa shape index (κ2) is 6.45. The molecule has 0 saturated heterocycles. The summed E-state index contributed by atoms with van der Waals surface area (Å²) in [6, 6.07) is 1.81. The summed E-state index contributed by atoms with van der Waals surface area (Å²) in [7, 11) is 0. The van der Waals surface area contributed by atoms with Crippen molar-refractivity contribution in [1.29, 1.82) is 0 Å². The molecular weight excluding hydrogens is 190 g/mol. The molecule has 0 aliphatic heterocycles. The van der Waals surface area contributed by atoms with Crippen LogP contribution in [0.4, 0.5) is 5.82 Å². The fourth-order valence-corrected chi connectivity index (χ4v) is 1.50. The smallest absolute Gasteiger partial charge is 0.145 e. The number of nitrogen functional groups attached to an aromatic ring is 1. The molecule has 1 atom stereocenters. The summed E-state index contributed by atoms with van der Waals surface area (Å²) in [5, 5.41) is 4.10. The van der Waals surface area contributed by atoms with Crippen molar-refractivity contribution >= 4 is 5.82 Å². The van der Waals surface area contributed by atoms with E-state index in [1.807, 2.05) is 10.9 Å². The lowest BCUT2D eigenvalue weighted by atomic mass is 10.2. The summed E-state index contributed by atoms with van der Waals surface area (Å²) in [6.45, 7) is 5.96. The van der Waals surface area contributed by atoms with Gasteiger partial charge in [0.1, 0.15) is 5.82 Å². The van der Waals surface area contributed by atoms with Gasteiger partial charge in [0.2, 0.25) is 0 Å². The first-order valence-corrected chi connectivity index (χ1v) is 5.63. The zero-order chi connectivity index (χ0) is 11.1. The highest BCUT2D eigenvalue weighted by Gasteiger charge is 2.00. The molecular formula is C11H21N3O. The summed E-state index contributed by atoms with van der Waals surface area (Å²) in [6.07, 6.45) is 5.56. The molecule has 0 spiro atoms. The van der Waals surface area contributed by atoms with Crippen molar-refractivity contribution in [2.45, 2.75) is 45.8 Å². The summed E-state index contributed by atoms with van der Waals surface area (Å²) in [5.74, 6) is 0.579. The van der Waals surface area contributed by atoms with Crippen LogP contribution in [0.15, 0.2) is 12.3 Å². The first-order valence-electron chi connectivity index (χ1n) is 5.63. The lowest BCUT2D eigenvalue weighted by molar-refractivity contribution is 0.0559. The Hall–Kier alpha value is -1.03. The van der Waals surface area contributed by atoms with E-state index in [9.17, 15) is 0 Å². The van der Waals surface area contributed by atoms with Gasteiger partial charge in [0.05, 0.1) is 6.10 Å². The Morgan fingerprint density at radius 2 is 2.40 bits per heavy atom. The number of ether oxygens (including phenoxy) is 1. The topological polar surface area (TPSA) is 53.1 Å². The van der Waals surface area contributed by atoms with Gasteiger partial charge in [0.25, 0.3) is 0 Å². The Morgan fingerprint density at radius 1 is 1.60 bits per heavy atom. The number of hydrogen-bond acceptors (Lipinski definition) is 3. The van der Waals surface area contributed by atoms with E-state index in [1.165, 1.54) is 6.42 Å². The number of hydrogen-bond donors (Lipinski definition) is 1. The van der Waals surface area contributed by atoms with E-state index in [0.717, 1.165) is 26.0 Å². The lowest BCUT2D eigenvalue weighted by Crippen LogP contribution is -2.10. The van der Waals surface area contributed by atoms with Crippen molar-refractivity contribution in [3.63, 3.8) is 0 Å². The van der Waals surface area contributed by atoms with Gasteiger partial charge in [-0.25, -0.2) is 0 Å². The maximum atomic E-state index is 5.64. The number of anilines is 1. The molecule has 0 saturated carbocycles. The normalized spacial score (nSPS) is 12.9. The fourth-order valence-electron chi connectivity index (χ4n) is 1.50. The zero-order valence-electron chi connectivity index (χ0n) is 9.65. The summed E-state index contributed by atoms with van der Waals surface area (Å²) in [5.41, 5.74) is 5.51. The standard InChI is InChI=1S/C11H21N3O/c1-3-5-10(2)15-9-4-7-14-8-6-11(12)13-14/h6,8,10H,3-5,7,9H2,1-2H3,(H2,12,13). The molecule has 0 fully saturated rings. The van der Waals surface area contributed by atoms with Gasteiger partial charge in [-0.05, 0) is 25.8 Å². The molecule has 0 aromatic carbocycles. The third kappa shape index (κ3) is 4.83. The Balaban J connectivity index is 2.06. The van der Waals surface area contributed by atoms with Crippen LogP contribution in [0.5, 0.6) is 0 Å². The van der Waals surface area contributed by atoms with Crippen molar-refractivity contribution < 1.29 is 4.74 Å². The monoisotopic (exact) mass is 211 g/mol. The van der Waals surface area contributed by atoms with Gasteiger partial charge in [-0.2, -0.15) is 5.10 Å². The minimum atomic E-state index is 0.373. The van der Waals surface area contributed by atoms with Crippen LogP contribution in [-0.2, 0) is 11.3 Å². The maximum absolute atomic E-state index is 5.64. The van der Waals surface area contributed by atoms with E-state index in [-0.39, 0.29) is 0 Å². The Kier molecular flexibility index (Phi) is 5.18. The van der Waals surface area contributed by atoms with Crippen LogP contribution >= 0.6 is 0 Å². The highest BCUT2D eigenvalue weighted by Crippen LogP contribution is 2.02. The predicted octanol–water partition coefficient (Wildman–Crippen LogP) is 2.06. The SMILES string of the molecule is CCCC(C)OCCCn1ccc(N)n1. The van der Waals surface area contributed by atoms with Crippen LogP contribution < -0.4 is 5.73 Å². The molecule has 86 valence electrons. The van der Waals surface area contributed by atoms with Crippen LogP contribution in [0.1, 0.15) is 33.1 Å². The van der Waals surface area contributed by atoms with Crippen molar-refractivity contribution in [2.75, 3.05) is 12.3 Å². The third-order valence-corrected chi connectivity index (χ3v) is 2.29. The second-order valence-electron chi connectivity index (χ2n) is 3.83. The highest BCUT2D eigenvalue weighted by molar-refractivity contribution is 5.23. The second-order valence-corrected chi connectivity index (χ2v) is 3.83. The summed E-state index contributed by atoms with van der Waals surface area (Å²) in [4.78, 5) is 0. The predicted molar refractivity (Wildman–Crippen MR) is 61.6 cm³/mol. The summed E-state index contributed by atoms with van der Waals surface area (Å²) >= 11 is 0. The van der Waals surface area contributed by atoms with Gasteiger partial charge in [0.15, 0.2) is 0 Å². The molecule has 0 radical (unpaired) electrons. The first kappa shape index (κ1) is 12.0.